The molecule has 4 rings (SSSR count). The molecular weight excluding hydrogens is 286 g/mol. The zero-order chi connectivity index (χ0) is 15.6. The van der Waals surface area contributed by atoms with Crippen molar-refractivity contribution in [1.29, 1.82) is 0 Å². The third-order valence-electron chi connectivity index (χ3n) is 4.69. The summed E-state index contributed by atoms with van der Waals surface area (Å²) in [5.74, 6) is 0. The van der Waals surface area contributed by atoms with Crippen LogP contribution in [0.3, 0.4) is 0 Å². The molecule has 0 spiro atoms. The summed E-state index contributed by atoms with van der Waals surface area (Å²) >= 11 is 0. The van der Waals surface area contributed by atoms with Crippen molar-refractivity contribution in [2.75, 3.05) is 31.1 Å². The lowest BCUT2D eigenvalue weighted by Crippen LogP contribution is -2.49. The van der Waals surface area contributed by atoms with Crippen molar-refractivity contribution in [2.45, 2.75) is 12.5 Å². The van der Waals surface area contributed by atoms with Crippen molar-refractivity contribution in [3.8, 4) is 0 Å². The topological polar surface area (TPSA) is 35.6 Å². The highest BCUT2D eigenvalue weighted by molar-refractivity contribution is 5.94. The first-order valence-electron chi connectivity index (χ1n) is 8.23. The van der Waals surface area contributed by atoms with Crippen molar-refractivity contribution in [3.63, 3.8) is 0 Å². The van der Waals surface area contributed by atoms with E-state index in [1.807, 2.05) is 21.9 Å². The Kier molecular flexibility index (Phi) is 3.75. The van der Waals surface area contributed by atoms with Gasteiger partial charge in [-0.25, -0.2) is 4.79 Å². The van der Waals surface area contributed by atoms with Crippen LogP contribution in [0.15, 0.2) is 54.6 Å². The molecule has 0 radical (unpaired) electrons. The molecule has 0 saturated carbocycles. The molecule has 2 amide bonds. The standard InChI is InChI=1S/C19H21N3O/c23-19-21-10-9-20-13-18(21)14-22(19)17-8-4-7-16(12-17)11-15-5-2-1-3-6-15/h1-8,12,18,20H,9-11,13-14H2. The first kappa shape index (κ1) is 14.3. The van der Waals surface area contributed by atoms with Crippen molar-refractivity contribution < 1.29 is 4.79 Å². The maximum absolute atomic E-state index is 12.6. The van der Waals surface area contributed by atoms with Crippen LogP contribution in [0.1, 0.15) is 11.1 Å². The zero-order valence-electron chi connectivity index (χ0n) is 13.1. The minimum atomic E-state index is 0.147. The molecule has 2 aromatic rings. The van der Waals surface area contributed by atoms with E-state index in [-0.39, 0.29) is 6.03 Å². The number of rotatable bonds is 3. The lowest BCUT2D eigenvalue weighted by Gasteiger charge is -2.28. The third kappa shape index (κ3) is 2.82. The van der Waals surface area contributed by atoms with Crippen molar-refractivity contribution in [2.24, 2.45) is 0 Å². The summed E-state index contributed by atoms with van der Waals surface area (Å²) in [4.78, 5) is 16.6. The molecular formula is C19H21N3O. The molecule has 0 bridgehead atoms. The van der Waals surface area contributed by atoms with E-state index in [1.54, 1.807) is 0 Å². The molecule has 0 aromatic heterocycles. The average molecular weight is 307 g/mol. The molecule has 2 fully saturated rings. The molecule has 118 valence electrons. The van der Waals surface area contributed by atoms with Gasteiger partial charge in [-0.05, 0) is 29.7 Å². The van der Waals surface area contributed by atoms with Crippen LogP contribution in [-0.2, 0) is 6.42 Å². The molecule has 1 N–H and O–H groups in total. The number of anilines is 1. The van der Waals surface area contributed by atoms with E-state index >= 15 is 0 Å². The quantitative estimate of drug-likeness (QED) is 0.945. The molecule has 2 aromatic carbocycles. The summed E-state index contributed by atoms with van der Waals surface area (Å²) in [6.45, 7) is 3.38. The van der Waals surface area contributed by atoms with Crippen LogP contribution in [0.5, 0.6) is 0 Å². The molecule has 0 aliphatic carbocycles. The Bertz CT molecular complexity index is 701. The first-order valence-corrected chi connectivity index (χ1v) is 8.23. The number of nitrogens with zero attached hydrogens (tertiary/aromatic N) is 2. The SMILES string of the molecule is O=C1N(c2cccc(Cc3ccccc3)c2)CC2CNCCN12. The third-order valence-corrected chi connectivity index (χ3v) is 4.69. The van der Waals surface area contributed by atoms with Gasteiger partial charge >= 0.3 is 6.03 Å². The van der Waals surface area contributed by atoms with E-state index in [2.05, 4.69) is 47.8 Å². The van der Waals surface area contributed by atoms with Gasteiger partial charge in [0.25, 0.3) is 0 Å². The van der Waals surface area contributed by atoms with E-state index in [0.29, 0.717) is 6.04 Å². The molecule has 4 heteroatoms. The summed E-state index contributed by atoms with van der Waals surface area (Å²) < 4.78 is 0. The lowest BCUT2D eigenvalue weighted by molar-refractivity contribution is 0.193. The Labute approximate surface area is 136 Å². The van der Waals surface area contributed by atoms with Crippen LogP contribution < -0.4 is 10.2 Å². The van der Waals surface area contributed by atoms with Crippen molar-refractivity contribution in [1.82, 2.24) is 10.2 Å². The number of piperazine rings is 1. The number of carbonyl (C=O) groups excluding carboxylic acids is 1. The molecule has 1 unspecified atom stereocenters. The summed E-state index contributed by atoms with van der Waals surface area (Å²) in [6, 6.07) is 19.3. The summed E-state index contributed by atoms with van der Waals surface area (Å²) in [7, 11) is 0. The average Bonchev–Trinajstić information content (AvgIpc) is 2.93. The predicted molar refractivity (Wildman–Crippen MR) is 91.8 cm³/mol. The van der Waals surface area contributed by atoms with Crippen LogP contribution in [0.2, 0.25) is 0 Å². The molecule has 2 heterocycles. The summed E-state index contributed by atoms with van der Waals surface area (Å²) in [5, 5.41) is 3.37. The van der Waals surface area contributed by atoms with Gasteiger partial charge in [0.15, 0.2) is 0 Å². The Hall–Kier alpha value is -2.33. The Morgan fingerprint density at radius 1 is 1.04 bits per heavy atom. The summed E-state index contributed by atoms with van der Waals surface area (Å²) in [5.41, 5.74) is 3.54. The Morgan fingerprint density at radius 3 is 2.70 bits per heavy atom. The highest BCUT2D eigenvalue weighted by atomic mass is 16.2. The minimum absolute atomic E-state index is 0.147. The van der Waals surface area contributed by atoms with Gasteiger partial charge in [-0.15, -0.1) is 0 Å². The zero-order valence-corrected chi connectivity index (χ0v) is 13.1. The number of amides is 2. The van der Waals surface area contributed by atoms with Gasteiger partial charge in [-0.3, -0.25) is 4.90 Å². The van der Waals surface area contributed by atoms with Crippen LogP contribution in [0, 0.1) is 0 Å². The van der Waals surface area contributed by atoms with Gasteiger partial charge in [0, 0.05) is 31.9 Å². The largest absolute Gasteiger partial charge is 0.324 e. The second-order valence-electron chi connectivity index (χ2n) is 6.28. The van der Waals surface area contributed by atoms with Gasteiger partial charge in [0.2, 0.25) is 0 Å². The Balaban J connectivity index is 1.55. The fraction of sp³-hybridized carbons (Fsp3) is 0.316. The van der Waals surface area contributed by atoms with Crippen LogP contribution in [-0.4, -0.2) is 43.2 Å². The second kappa shape index (κ2) is 6.05. The van der Waals surface area contributed by atoms with Crippen LogP contribution in [0.25, 0.3) is 0 Å². The Morgan fingerprint density at radius 2 is 1.87 bits per heavy atom. The lowest BCUT2D eigenvalue weighted by atomic mass is 10.0. The van der Waals surface area contributed by atoms with E-state index in [4.69, 9.17) is 0 Å². The van der Waals surface area contributed by atoms with E-state index in [9.17, 15) is 4.79 Å². The number of benzene rings is 2. The predicted octanol–water partition coefficient (Wildman–Crippen LogP) is 2.49. The van der Waals surface area contributed by atoms with Gasteiger partial charge in [0.05, 0.1) is 6.04 Å². The van der Waals surface area contributed by atoms with Crippen molar-refractivity contribution in [3.05, 3.63) is 65.7 Å². The van der Waals surface area contributed by atoms with E-state index in [1.165, 1.54) is 11.1 Å². The highest BCUT2D eigenvalue weighted by Gasteiger charge is 2.38. The number of carbonyl (C=O) groups is 1. The molecule has 4 nitrogen and oxygen atoms in total. The van der Waals surface area contributed by atoms with Gasteiger partial charge in [-0.2, -0.15) is 0 Å². The van der Waals surface area contributed by atoms with Gasteiger partial charge in [0.1, 0.15) is 0 Å². The van der Waals surface area contributed by atoms with Gasteiger partial charge in [-0.1, -0.05) is 42.5 Å². The number of urea groups is 1. The minimum Gasteiger partial charge on any atom is -0.317 e. The normalized spacial score (nSPS) is 20.7. The molecule has 2 saturated heterocycles. The first-order chi connectivity index (χ1) is 11.3. The number of hydrogen-bond donors (Lipinski definition) is 1. The summed E-state index contributed by atoms with van der Waals surface area (Å²) in [6.07, 6.45) is 0.894. The molecule has 1 atom stereocenters. The second-order valence-corrected chi connectivity index (χ2v) is 6.28. The molecule has 2 aliphatic heterocycles. The fourth-order valence-corrected chi connectivity index (χ4v) is 3.50. The van der Waals surface area contributed by atoms with E-state index in [0.717, 1.165) is 38.3 Å². The van der Waals surface area contributed by atoms with Gasteiger partial charge < -0.3 is 10.2 Å². The highest BCUT2D eigenvalue weighted by Crippen LogP contribution is 2.26. The molecule has 23 heavy (non-hydrogen) atoms. The smallest absolute Gasteiger partial charge is 0.317 e. The van der Waals surface area contributed by atoms with E-state index < -0.39 is 0 Å². The van der Waals surface area contributed by atoms with Crippen LogP contribution in [0.4, 0.5) is 10.5 Å². The maximum atomic E-state index is 12.6. The fourth-order valence-electron chi connectivity index (χ4n) is 3.50. The monoisotopic (exact) mass is 307 g/mol. The number of nitrogens with one attached hydrogen (secondary N) is 1. The number of fused-ring (bicyclic) bond motifs is 1. The maximum Gasteiger partial charge on any atom is 0.324 e. The van der Waals surface area contributed by atoms with Crippen LogP contribution >= 0.6 is 0 Å². The van der Waals surface area contributed by atoms with Crippen molar-refractivity contribution >= 4 is 11.7 Å². The molecule has 2 aliphatic rings. The number of hydrogen-bond acceptors (Lipinski definition) is 2.